The van der Waals surface area contributed by atoms with Crippen LogP contribution in [0.1, 0.15) is 62.9 Å². The number of thiazole rings is 1. The minimum atomic E-state index is -0.798. The van der Waals surface area contributed by atoms with Crippen molar-refractivity contribution in [2.75, 3.05) is 13.2 Å². The molecule has 3 aromatic carbocycles. The van der Waals surface area contributed by atoms with Crippen molar-refractivity contribution in [1.29, 1.82) is 0 Å². The van der Waals surface area contributed by atoms with Gasteiger partial charge in [-0.25, -0.2) is 9.79 Å². The lowest BCUT2D eigenvalue weighted by atomic mass is 9.95. The molecule has 4 aromatic rings. The molecule has 2 heterocycles. The first-order valence-corrected chi connectivity index (χ1v) is 17.1. The number of nitrogens with zero attached hydrogens (tertiary/aromatic N) is 2. The minimum absolute atomic E-state index is 0.126. The summed E-state index contributed by atoms with van der Waals surface area (Å²) in [4.78, 5) is 32.9. The van der Waals surface area contributed by atoms with Crippen LogP contribution in [0.5, 0.6) is 17.2 Å². The number of para-hydroxylation sites is 1. The van der Waals surface area contributed by atoms with Gasteiger partial charge in [0.25, 0.3) is 5.56 Å². The first kappa shape index (κ1) is 34.7. The topological polar surface area (TPSA) is 88.4 Å². The van der Waals surface area contributed by atoms with E-state index in [1.807, 2.05) is 87.5 Å². The summed E-state index contributed by atoms with van der Waals surface area (Å²) in [6.07, 6.45) is 3.99. The molecule has 1 aliphatic rings. The van der Waals surface area contributed by atoms with Gasteiger partial charge >= 0.3 is 5.97 Å². The van der Waals surface area contributed by atoms with Gasteiger partial charge in [-0.3, -0.25) is 9.36 Å². The van der Waals surface area contributed by atoms with Crippen LogP contribution in [0.15, 0.2) is 94.4 Å². The van der Waals surface area contributed by atoms with Crippen molar-refractivity contribution in [3.8, 4) is 17.2 Å². The summed E-state index contributed by atoms with van der Waals surface area (Å²) in [5.41, 5.74) is 3.60. The molecule has 0 amide bonds. The summed E-state index contributed by atoms with van der Waals surface area (Å²) in [5.74, 6) is 1.18. The Morgan fingerprint density at radius 2 is 1.79 bits per heavy atom. The van der Waals surface area contributed by atoms with Crippen molar-refractivity contribution >= 4 is 35.0 Å². The lowest BCUT2D eigenvalue weighted by molar-refractivity contribution is -0.139. The summed E-state index contributed by atoms with van der Waals surface area (Å²) < 4.78 is 26.0. The van der Waals surface area contributed by atoms with Crippen molar-refractivity contribution in [2.24, 2.45) is 4.99 Å². The molecule has 0 aliphatic carbocycles. The first-order chi connectivity index (χ1) is 23.2. The van der Waals surface area contributed by atoms with Gasteiger partial charge in [-0.2, -0.15) is 0 Å². The van der Waals surface area contributed by atoms with Crippen molar-refractivity contribution in [1.82, 2.24) is 4.57 Å². The van der Waals surface area contributed by atoms with Gasteiger partial charge in [-0.1, -0.05) is 65.4 Å². The van der Waals surface area contributed by atoms with E-state index in [0.29, 0.717) is 61.5 Å². The van der Waals surface area contributed by atoms with Crippen molar-refractivity contribution in [3.63, 3.8) is 0 Å². The average Bonchev–Trinajstić information content (AvgIpc) is 3.34. The molecule has 8 nitrogen and oxygen atoms in total. The highest BCUT2D eigenvalue weighted by atomic mass is 35.5. The number of benzene rings is 3. The van der Waals surface area contributed by atoms with Gasteiger partial charge in [-0.15, -0.1) is 6.58 Å². The molecule has 0 unspecified atom stereocenters. The Hall–Kier alpha value is -4.60. The third-order valence-corrected chi connectivity index (χ3v) is 8.89. The standard InChI is InChI=1S/C38H39ClN2O6S/c1-7-14-26-19-25(20-31(44-8-2)35(26)46-22-27-15-10-12-17-29(27)39)21-32-36(42)41-34(28-16-11-13-18-30(28)47-23(4)5)33(37(43)45-9-3)24(6)40-38(41)48-32/h7,10-13,15-21,23,34H,1,8-9,14,22H2,2-6H3/b32-21+/t34-/m1/s1. The first-order valence-electron chi connectivity index (χ1n) is 15.9. The summed E-state index contributed by atoms with van der Waals surface area (Å²) in [5, 5.41) is 0.616. The molecule has 0 fully saturated rings. The van der Waals surface area contributed by atoms with Crippen LogP contribution in [0.3, 0.4) is 0 Å². The molecule has 1 atom stereocenters. The fraction of sp³-hybridized carbons (Fsp3) is 0.289. The number of ether oxygens (including phenoxy) is 4. The van der Waals surface area contributed by atoms with E-state index in [1.165, 1.54) is 11.3 Å². The molecule has 0 N–H and O–H groups in total. The molecule has 0 spiro atoms. The number of fused-ring (bicyclic) bond motifs is 1. The second kappa shape index (κ2) is 15.5. The third-order valence-electron chi connectivity index (χ3n) is 7.54. The van der Waals surface area contributed by atoms with Gasteiger partial charge in [0.1, 0.15) is 18.4 Å². The lowest BCUT2D eigenvalue weighted by Gasteiger charge is -2.26. The molecule has 0 saturated carbocycles. The largest absolute Gasteiger partial charge is 0.491 e. The van der Waals surface area contributed by atoms with Gasteiger partial charge < -0.3 is 18.9 Å². The Kier molecular flexibility index (Phi) is 11.2. The highest BCUT2D eigenvalue weighted by Crippen LogP contribution is 2.37. The summed E-state index contributed by atoms with van der Waals surface area (Å²) in [6, 6.07) is 18.0. The Morgan fingerprint density at radius 1 is 1.04 bits per heavy atom. The molecule has 250 valence electrons. The molecular formula is C38H39ClN2O6S. The van der Waals surface area contributed by atoms with Gasteiger partial charge in [0.15, 0.2) is 16.3 Å². The van der Waals surface area contributed by atoms with Gasteiger partial charge in [0, 0.05) is 21.7 Å². The predicted octanol–water partition coefficient (Wildman–Crippen LogP) is 6.95. The zero-order valence-corrected chi connectivity index (χ0v) is 29.3. The van der Waals surface area contributed by atoms with Crippen LogP contribution < -0.4 is 29.1 Å². The molecule has 1 aliphatic heterocycles. The predicted molar refractivity (Wildman–Crippen MR) is 190 cm³/mol. The molecule has 0 radical (unpaired) electrons. The summed E-state index contributed by atoms with van der Waals surface area (Å²) in [7, 11) is 0. The molecule has 0 bridgehead atoms. The monoisotopic (exact) mass is 686 g/mol. The highest BCUT2D eigenvalue weighted by Gasteiger charge is 2.35. The number of carbonyl (C=O) groups is 1. The molecule has 1 aromatic heterocycles. The number of allylic oxidation sites excluding steroid dienone is 2. The zero-order valence-electron chi connectivity index (χ0n) is 27.7. The molecule has 10 heteroatoms. The second-order valence-electron chi connectivity index (χ2n) is 11.3. The van der Waals surface area contributed by atoms with Gasteiger partial charge in [-0.05, 0) is 76.9 Å². The summed E-state index contributed by atoms with van der Waals surface area (Å²) in [6.45, 7) is 14.1. The fourth-order valence-electron chi connectivity index (χ4n) is 5.57. The maximum absolute atomic E-state index is 14.3. The van der Waals surface area contributed by atoms with E-state index in [0.717, 1.165) is 16.7 Å². The SMILES string of the molecule is C=CCc1cc(/C=c2/sc3n(c2=O)[C@H](c2ccccc2OC(C)C)C(C(=O)OCC)=C(C)N=3)cc(OCC)c1OCc1ccccc1Cl. The van der Waals surface area contributed by atoms with Crippen LogP contribution in [-0.4, -0.2) is 29.9 Å². The van der Waals surface area contributed by atoms with E-state index in [4.69, 9.17) is 35.5 Å². The maximum Gasteiger partial charge on any atom is 0.338 e. The van der Waals surface area contributed by atoms with Gasteiger partial charge in [0.2, 0.25) is 0 Å². The number of halogens is 1. The molecule has 5 rings (SSSR count). The Bertz CT molecular complexity index is 2040. The zero-order chi connectivity index (χ0) is 34.4. The van der Waals surface area contributed by atoms with E-state index < -0.39 is 12.0 Å². The van der Waals surface area contributed by atoms with Crippen LogP contribution in [0.2, 0.25) is 5.02 Å². The van der Waals surface area contributed by atoms with E-state index in [-0.39, 0.29) is 24.9 Å². The number of hydrogen-bond donors (Lipinski definition) is 0. The normalized spacial score (nSPS) is 14.4. The van der Waals surface area contributed by atoms with Crippen LogP contribution in [0, 0.1) is 0 Å². The third kappa shape index (κ3) is 7.42. The fourth-order valence-corrected chi connectivity index (χ4v) is 6.81. The van der Waals surface area contributed by atoms with Crippen molar-refractivity contribution in [2.45, 2.75) is 59.8 Å². The Balaban J connectivity index is 1.66. The smallest absolute Gasteiger partial charge is 0.338 e. The van der Waals surface area contributed by atoms with Crippen molar-refractivity contribution in [3.05, 3.63) is 132 Å². The molecule has 0 saturated heterocycles. The Labute approximate surface area is 289 Å². The van der Waals surface area contributed by atoms with E-state index >= 15 is 0 Å². The van der Waals surface area contributed by atoms with E-state index in [9.17, 15) is 9.59 Å². The number of aromatic nitrogens is 1. The number of esters is 1. The molecular weight excluding hydrogens is 648 g/mol. The van der Waals surface area contributed by atoms with Crippen LogP contribution in [-0.2, 0) is 22.6 Å². The van der Waals surface area contributed by atoms with Crippen LogP contribution in [0.4, 0.5) is 0 Å². The van der Waals surface area contributed by atoms with Crippen LogP contribution in [0.25, 0.3) is 6.08 Å². The lowest BCUT2D eigenvalue weighted by Crippen LogP contribution is -2.40. The van der Waals surface area contributed by atoms with Crippen LogP contribution >= 0.6 is 22.9 Å². The Morgan fingerprint density at radius 3 is 2.50 bits per heavy atom. The summed E-state index contributed by atoms with van der Waals surface area (Å²) >= 11 is 7.64. The van der Waals surface area contributed by atoms with E-state index in [1.54, 1.807) is 24.5 Å². The minimum Gasteiger partial charge on any atom is -0.491 e. The molecule has 48 heavy (non-hydrogen) atoms. The maximum atomic E-state index is 14.3. The quantitative estimate of drug-likeness (QED) is 0.112. The van der Waals surface area contributed by atoms with Gasteiger partial charge in [0.05, 0.1) is 35.1 Å². The number of hydrogen-bond acceptors (Lipinski definition) is 8. The number of carbonyl (C=O) groups excluding carboxylic acids is 1. The average molecular weight is 687 g/mol. The highest BCUT2D eigenvalue weighted by molar-refractivity contribution is 7.07. The van der Waals surface area contributed by atoms with Crippen molar-refractivity contribution < 1.29 is 23.7 Å². The van der Waals surface area contributed by atoms with E-state index in [2.05, 4.69) is 6.58 Å². The number of rotatable bonds is 13. The second-order valence-corrected chi connectivity index (χ2v) is 12.7.